The van der Waals surface area contributed by atoms with Crippen LogP contribution < -0.4 is 0 Å². The van der Waals surface area contributed by atoms with Gasteiger partial charge in [-0.05, 0) is 0 Å². The van der Waals surface area contributed by atoms with E-state index in [9.17, 15) is 0 Å². The predicted molar refractivity (Wildman–Crippen MR) is 43.7 cm³/mol. The molecule has 0 nitrogen and oxygen atoms in total. The first-order chi connectivity index (χ1) is 4.00. The van der Waals surface area contributed by atoms with Crippen molar-refractivity contribution in [2.24, 2.45) is 0 Å². The van der Waals surface area contributed by atoms with Gasteiger partial charge in [-0.25, -0.2) is 0 Å². The lowest BCUT2D eigenvalue weighted by Gasteiger charge is -2.05. The van der Waals surface area contributed by atoms with E-state index in [1.165, 1.54) is 51.4 Å². The summed E-state index contributed by atoms with van der Waals surface area (Å²) in [6, 6.07) is 0. The van der Waals surface area contributed by atoms with Crippen LogP contribution in [0.25, 0.3) is 0 Å². The zero-order chi connectivity index (χ0) is 5.66. The highest BCUT2D eigenvalue weighted by Gasteiger charge is 1.95. The zero-order valence-electron chi connectivity index (χ0n) is 5.66. The van der Waals surface area contributed by atoms with E-state index in [1.807, 2.05) is 0 Å². The third kappa shape index (κ3) is 4.50. The molecule has 0 bridgehead atoms. The molecule has 0 unspecified atom stereocenters. The lowest BCUT2D eigenvalue weighted by atomic mass is 10.0. The Morgan fingerprint density at radius 3 is 0.444 bits per heavy atom. The van der Waals surface area contributed by atoms with Gasteiger partial charge in [0.2, 0.25) is 0 Å². The second kappa shape index (κ2) is 6.12. The Hall–Kier alpha value is 0. The molecule has 0 aromatic carbocycles. The minimum absolute atomic E-state index is 0. The van der Waals surface area contributed by atoms with E-state index in [0.717, 1.165) is 0 Å². The number of rotatable bonds is 0. The average Bonchev–Trinajstić information content (AvgIpc) is 1.12. The molecule has 2 saturated carbocycles. The Morgan fingerprint density at radius 2 is 0.444 bits per heavy atom. The maximum atomic E-state index is 1.50. The second-order valence-electron chi connectivity index (χ2n) is 2.83. The summed E-state index contributed by atoms with van der Waals surface area (Å²) in [5, 5.41) is 0. The predicted octanol–water partition coefficient (Wildman–Crippen LogP) is 3.76. The number of hydrogen-bond donors (Lipinski definition) is 0. The molecule has 0 amide bonds. The van der Waals surface area contributed by atoms with E-state index in [4.69, 9.17) is 0 Å². The van der Waals surface area contributed by atoms with E-state index in [1.54, 1.807) is 0 Å². The first-order valence-corrected chi connectivity index (χ1v) is 4.00. The molecular weight excluding hydrogens is 108 g/mol. The third-order valence-electron chi connectivity index (χ3n) is 2.00. The van der Waals surface area contributed by atoms with Gasteiger partial charge in [0.15, 0.2) is 0 Å². The Kier molecular flexibility index (Phi) is 6.12. The standard InChI is InChI=1S/2C4H8.CH4/c2*1-2-4-3-1;/h2*1-4H2;1H4. The molecule has 0 spiro atoms. The van der Waals surface area contributed by atoms with Gasteiger partial charge in [0.05, 0.1) is 0 Å². The van der Waals surface area contributed by atoms with Gasteiger partial charge in [0.25, 0.3) is 0 Å². The van der Waals surface area contributed by atoms with Gasteiger partial charge in [0.1, 0.15) is 0 Å². The topological polar surface area (TPSA) is 0 Å². The normalized spacial score (nSPS) is 21.3. The maximum Gasteiger partial charge on any atom is -0.0533 e. The fourth-order valence-corrected chi connectivity index (χ4v) is 0.500. The molecule has 0 radical (unpaired) electrons. The highest BCUT2D eigenvalue weighted by atomic mass is 14.0. The molecule has 0 heteroatoms. The van der Waals surface area contributed by atoms with Crippen LogP contribution >= 0.6 is 0 Å². The van der Waals surface area contributed by atoms with Crippen molar-refractivity contribution < 1.29 is 0 Å². The highest BCUT2D eigenvalue weighted by Crippen LogP contribution is 2.15. The van der Waals surface area contributed by atoms with Crippen LogP contribution in [0.3, 0.4) is 0 Å². The summed E-state index contributed by atoms with van der Waals surface area (Å²) in [6.07, 6.45) is 12.0. The smallest absolute Gasteiger partial charge is 0.0533 e. The van der Waals surface area contributed by atoms with E-state index in [2.05, 4.69) is 0 Å². The molecule has 0 aromatic heterocycles. The molecule has 0 aromatic rings. The van der Waals surface area contributed by atoms with Crippen LogP contribution in [0.5, 0.6) is 0 Å². The average molecular weight is 128 g/mol. The van der Waals surface area contributed by atoms with Crippen molar-refractivity contribution in [3.05, 3.63) is 0 Å². The van der Waals surface area contributed by atoms with Crippen molar-refractivity contribution >= 4 is 0 Å². The minimum Gasteiger partial charge on any atom is -0.0776 e. The molecule has 2 fully saturated rings. The summed E-state index contributed by atoms with van der Waals surface area (Å²) in [4.78, 5) is 0. The van der Waals surface area contributed by atoms with Gasteiger partial charge >= 0.3 is 0 Å². The van der Waals surface area contributed by atoms with Crippen molar-refractivity contribution in [2.75, 3.05) is 0 Å². The molecule has 0 aliphatic heterocycles. The van der Waals surface area contributed by atoms with Gasteiger partial charge in [-0.1, -0.05) is 58.8 Å². The fraction of sp³-hybridized carbons (Fsp3) is 1.00. The van der Waals surface area contributed by atoms with Gasteiger partial charge in [-0.2, -0.15) is 0 Å². The molecule has 2 aliphatic rings. The molecule has 56 valence electrons. The Balaban J connectivity index is 0.000000128. The van der Waals surface area contributed by atoms with Crippen LogP contribution in [0, 0.1) is 0 Å². The summed E-state index contributed by atoms with van der Waals surface area (Å²) in [5.41, 5.74) is 0. The summed E-state index contributed by atoms with van der Waals surface area (Å²) in [5.74, 6) is 0. The lowest BCUT2D eigenvalue weighted by Crippen LogP contribution is -1.85. The first-order valence-electron chi connectivity index (χ1n) is 4.00. The second-order valence-corrected chi connectivity index (χ2v) is 2.83. The molecule has 0 atom stereocenters. The van der Waals surface area contributed by atoms with Crippen LogP contribution in [-0.4, -0.2) is 0 Å². The van der Waals surface area contributed by atoms with Crippen molar-refractivity contribution in [3.8, 4) is 0 Å². The fourth-order valence-electron chi connectivity index (χ4n) is 0.500. The number of hydrogen-bond acceptors (Lipinski definition) is 0. The van der Waals surface area contributed by atoms with Crippen molar-refractivity contribution in [3.63, 3.8) is 0 Å². The van der Waals surface area contributed by atoms with Crippen LogP contribution in [0.1, 0.15) is 58.8 Å². The summed E-state index contributed by atoms with van der Waals surface area (Å²) in [7, 11) is 0. The first kappa shape index (κ1) is 9.00. The molecule has 2 rings (SSSR count). The summed E-state index contributed by atoms with van der Waals surface area (Å²) in [6.45, 7) is 0. The van der Waals surface area contributed by atoms with E-state index >= 15 is 0 Å². The van der Waals surface area contributed by atoms with Crippen LogP contribution in [0.2, 0.25) is 0 Å². The third-order valence-corrected chi connectivity index (χ3v) is 2.00. The largest absolute Gasteiger partial charge is 0.0776 e. The van der Waals surface area contributed by atoms with Crippen LogP contribution in [0.4, 0.5) is 0 Å². The summed E-state index contributed by atoms with van der Waals surface area (Å²) < 4.78 is 0. The zero-order valence-corrected chi connectivity index (χ0v) is 5.66. The maximum absolute atomic E-state index is 1.50. The molecule has 0 N–H and O–H groups in total. The van der Waals surface area contributed by atoms with Gasteiger partial charge in [-0.15, -0.1) is 0 Å². The minimum atomic E-state index is 0. The Labute approximate surface area is 59.7 Å². The molecule has 0 saturated heterocycles. The molecule has 2 aliphatic carbocycles. The van der Waals surface area contributed by atoms with E-state index in [0.29, 0.717) is 0 Å². The highest BCUT2D eigenvalue weighted by molar-refractivity contribution is 4.51. The quantitative estimate of drug-likeness (QED) is 0.466. The van der Waals surface area contributed by atoms with Crippen molar-refractivity contribution in [1.29, 1.82) is 0 Å². The van der Waals surface area contributed by atoms with Crippen molar-refractivity contribution in [1.82, 2.24) is 0 Å². The summed E-state index contributed by atoms with van der Waals surface area (Å²) >= 11 is 0. The van der Waals surface area contributed by atoms with Crippen molar-refractivity contribution in [2.45, 2.75) is 58.8 Å². The van der Waals surface area contributed by atoms with Crippen LogP contribution in [-0.2, 0) is 0 Å². The molecule has 9 heavy (non-hydrogen) atoms. The Bertz CT molecular complexity index is 24.0. The molecular formula is C9H20. The lowest BCUT2D eigenvalue weighted by molar-refractivity contribution is 0.504. The Morgan fingerprint density at radius 1 is 0.333 bits per heavy atom. The SMILES string of the molecule is C.C1CCC1.C1CCC1. The van der Waals surface area contributed by atoms with Gasteiger partial charge < -0.3 is 0 Å². The van der Waals surface area contributed by atoms with E-state index < -0.39 is 0 Å². The van der Waals surface area contributed by atoms with Gasteiger partial charge in [0, 0.05) is 0 Å². The van der Waals surface area contributed by atoms with Gasteiger partial charge in [-0.3, -0.25) is 0 Å². The van der Waals surface area contributed by atoms with E-state index in [-0.39, 0.29) is 7.43 Å². The monoisotopic (exact) mass is 128 g/mol. The van der Waals surface area contributed by atoms with Crippen LogP contribution in [0.15, 0.2) is 0 Å². The molecule has 0 heterocycles.